The standard InChI is InChI=1S/C11H15N/c1-8-5-4-6-9-10(8)12-7-11(9,2)3/h4-6,12H,7H2,1-3H3. The van der Waals surface area contributed by atoms with E-state index in [1.165, 1.54) is 16.8 Å². The van der Waals surface area contributed by atoms with Gasteiger partial charge in [0.1, 0.15) is 0 Å². The molecule has 1 aliphatic heterocycles. The minimum Gasteiger partial charge on any atom is -0.384 e. The van der Waals surface area contributed by atoms with Crippen molar-refractivity contribution in [1.82, 2.24) is 0 Å². The normalized spacial score (nSPS) is 18.6. The Labute approximate surface area is 73.8 Å². The lowest BCUT2D eigenvalue weighted by molar-refractivity contribution is 0.586. The zero-order chi connectivity index (χ0) is 8.77. The maximum atomic E-state index is 3.46. The van der Waals surface area contributed by atoms with E-state index in [9.17, 15) is 0 Å². The first kappa shape index (κ1) is 7.66. The first-order valence-electron chi connectivity index (χ1n) is 4.45. The van der Waals surface area contributed by atoms with Crippen LogP contribution < -0.4 is 5.32 Å². The number of benzene rings is 1. The predicted octanol–water partition coefficient (Wildman–Crippen LogP) is 2.70. The zero-order valence-electron chi connectivity index (χ0n) is 7.94. The summed E-state index contributed by atoms with van der Waals surface area (Å²) in [4.78, 5) is 0. The number of para-hydroxylation sites is 1. The molecule has 1 nitrogen and oxygen atoms in total. The van der Waals surface area contributed by atoms with Crippen molar-refractivity contribution in [2.24, 2.45) is 0 Å². The number of aryl methyl sites for hydroxylation is 1. The first-order valence-corrected chi connectivity index (χ1v) is 4.45. The third kappa shape index (κ3) is 0.927. The summed E-state index contributed by atoms with van der Waals surface area (Å²) in [5.74, 6) is 0. The van der Waals surface area contributed by atoms with Crippen molar-refractivity contribution in [2.75, 3.05) is 11.9 Å². The van der Waals surface area contributed by atoms with Crippen molar-refractivity contribution in [3.05, 3.63) is 29.3 Å². The van der Waals surface area contributed by atoms with Gasteiger partial charge >= 0.3 is 0 Å². The van der Waals surface area contributed by atoms with Crippen molar-refractivity contribution in [3.63, 3.8) is 0 Å². The van der Waals surface area contributed by atoms with Crippen LogP contribution in [-0.2, 0) is 5.41 Å². The van der Waals surface area contributed by atoms with Gasteiger partial charge in [0.25, 0.3) is 0 Å². The summed E-state index contributed by atoms with van der Waals surface area (Å²) in [5.41, 5.74) is 4.48. The summed E-state index contributed by atoms with van der Waals surface area (Å²) in [6.07, 6.45) is 0. The molecular weight excluding hydrogens is 146 g/mol. The molecule has 0 atom stereocenters. The fourth-order valence-electron chi connectivity index (χ4n) is 1.87. The summed E-state index contributed by atoms with van der Waals surface area (Å²) >= 11 is 0. The van der Waals surface area contributed by atoms with E-state index in [-0.39, 0.29) is 0 Å². The lowest BCUT2D eigenvalue weighted by Gasteiger charge is -2.16. The summed E-state index contributed by atoms with van der Waals surface area (Å²) in [7, 11) is 0. The van der Waals surface area contributed by atoms with Gasteiger partial charge in [0.05, 0.1) is 0 Å². The predicted molar refractivity (Wildman–Crippen MR) is 52.7 cm³/mol. The van der Waals surface area contributed by atoms with Gasteiger partial charge in [0.15, 0.2) is 0 Å². The van der Waals surface area contributed by atoms with Crippen LogP contribution in [0.1, 0.15) is 25.0 Å². The largest absolute Gasteiger partial charge is 0.384 e. The van der Waals surface area contributed by atoms with Crippen LogP contribution in [0.15, 0.2) is 18.2 Å². The lowest BCUT2D eigenvalue weighted by Crippen LogP contribution is -2.18. The van der Waals surface area contributed by atoms with Crippen molar-refractivity contribution in [3.8, 4) is 0 Å². The van der Waals surface area contributed by atoms with E-state index in [0.29, 0.717) is 5.41 Å². The Morgan fingerprint density at radius 1 is 1.33 bits per heavy atom. The van der Waals surface area contributed by atoms with Gasteiger partial charge in [-0.25, -0.2) is 0 Å². The third-order valence-electron chi connectivity index (χ3n) is 2.71. The Kier molecular flexibility index (Phi) is 1.44. The van der Waals surface area contributed by atoms with Gasteiger partial charge in [-0.1, -0.05) is 32.0 Å². The second-order valence-corrected chi connectivity index (χ2v) is 4.23. The molecule has 0 radical (unpaired) electrons. The topological polar surface area (TPSA) is 12.0 Å². The monoisotopic (exact) mass is 161 g/mol. The van der Waals surface area contributed by atoms with Gasteiger partial charge in [-0.3, -0.25) is 0 Å². The minimum absolute atomic E-state index is 0.307. The molecule has 1 heterocycles. The molecule has 0 spiro atoms. The summed E-state index contributed by atoms with van der Waals surface area (Å²) in [5, 5.41) is 3.46. The van der Waals surface area contributed by atoms with Crippen LogP contribution in [0.5, 0.6) is 0 Å². The first-order chi connectivity index (χ1) is 5.61. The number of fused-ring (bicyclic) bond motifs is 1. The molecule has 0 aromatic heterocycles. The van der Waals surface area contributed by atoms with Gasteiger partial charge in [-0.15, -0.1) is 0 Å². The molecule has 0 saturated heterocycles. The SMILES string of the molecule is Cc1cccc2c1NCC2(C)C. The van der Waals surface area contributed by atoms with Gasteiger partial charge < -0.3 is 5.32 Å². The molecule has 0 unspecified atom stereocenters. The molecule has 1 aromatic rings. The Hall–Kier alpha value is -0.980. The molecule has 64 valence electrons. The van der Waals surface area contributed by atoms with Crippen LogP contribution in [-0.4, -0.2) is 6.54 Å². The molecule has 1 aliphatic rings. The average Bonchev–Trinajstić information content (AvgIpc) is 2.30. The molecule has 0 aliphatic carbocycles. The zero-order valence-corrected chi connectivity index (χ0v) is 7.94. The van der Waals surface area contributed by atoms with Crippen LogP contribution in [0.4, 0.5) is 5.69 Å². The van der Waals surface area contributed by atoms with Gasteiger partial charge in [-0.05, 0) is 18.1 Å². The Balaban J connectivity index is 2.61. The van der Waals surface area contributed by atoms with E-state index in [1.807, 2.05) is 0 Å². The second-order valence-electron chi connectivity index (χ2n) is 4.23. The van der Waals surface area contributed by atoms with E-state index >= 15 is 0 Å². The number of hydrogen-bond donors (Lipinski definition) is 1. The summed E-state index contributed by atoms with van der Waals surface area (Å²) < 4.78 is 0. The molecule has 0 fully saturated rings. The van der Waals surface area contributed by atoms with Gasteiger partial charge in [-0.2, -0.15) is 0 Å². The third-order valence-corrected chi connectivity index (χ3v) is 2.71. The fourth-order valence-corrected chi connectivity index (χ4v) is 1.87. The molecule has 1 N–H and O–H groups in total. The molecule has 1 heteroatoms. The molecular formula is C11H15N. The van der Waals surface area contributed by atoms with Crippen molar-refractivity contribution < 1.29 is 0 Å². The summed E-state index contributed by atoms with van der Waals surface area (Å²) in [6.45, 7) is 7.79. The van der Waals surface area contributed by atoms with E-state index in [2.05, 4.69) is 44.3 Å². The molecule has 0 saturated carbocycles. The van der Waals surface area contributed by atoms with E-state index < -0.39 is 0 Å². The Morgan fingerprint density at radius 3 is 2.75 bits per heavy atom. The molecule has 0 amide bonds. The number of anilines is 1. The van der Waals surface area contributed by atoms with Crippen LogP contribution in [0.2, 0.25) is 0 Å². The van der Waals surface area contributed by atoms with E-state index in [1.54, 1.807) is 0 Å². The second kappa shape index (κ2) is 2.25. The highest BCUT2D eigenvalue weighted by Crippen LogP contribution is 2.37. The maximum absolute atomic E-state index is 3.46. The van der Waals surface area contributed by atoms with E-state index in [4.69, 9.17) is 0 Å². The highest BCUT2D eigenvalue weighted by Gasteiger charge is 2.29. The summed E-state index contributed by atoms with van der Waals surface area (Å²) in [6, 6.07) is 6.53. The Bertz CT molecular complexity index is 313. The molecule has 0 bridgehead atoms. The molecule has 2 rings (SSSR count). The van der Waals surface area contributed by atoms with Crippen LogP contribution in [0.3, 0.4) is 0 Å². The Morgan fingerprint density at radius 2 is 2.08 bits per heavy atom. The van der Waals surface area contributed by atoms with Crippen molar-refractivity contribution in [2.45, 2.75) is 26.2 Å². The number of rotatable bonds is 0. The van der Waals surface area contributed by atoms with Crippen molar-refractivity contribution >= 4 is 5.69 Å². The minimum atomic E-state index is 0.307. The highest BCUT2D eigenvalue weighted by molar-refractivity contribution is 5.64. The highest BCUT2D eigenvalue weighted by atomic mass is 14.9. The smallest absolute Gasteiger partial charge is 0.0408 e. The quantitative estimate of drug-likeness (QED) is 0.617. The fraction of sp³-hybridized carbons (Fsp3) is 0.455. The van der Waals surface area contributed by atoms with Gasteiger partial charge in [0, 0.05) is 17.6 Å². The van der Waals surface area contributed by atoms with Crippen LogP contribution in [0.25, 0.3) is 0 Å². The molecule has 1 aromatic carbocycles. The molecule has 12 heavy (non-hydrogen) atoms. The number of hydrogen-bond acceptors (Lipinski definition) is 1. The lowest BCUT2D eigenvalue weighted by atomic mass is 9.86. The maximum Gasteiger partial charge on any atom is 0.0408 e. The average molecular weight is 161 g/mol. The van der Waals surface area contributed by atoms with Crippen LogP contribution in [0, 0.1) is 6.92 Å². The number of nitrogens with one attached hydrogen (secondary N) is 1. The van der Waals surface area contributed by atoms with Crippen LogP contribution >= 0.6 is 0 Å². The van der Waals surface area contributed by atoms with Crippen molar-refractivity contribution in [1.29, 1.82) is 0 Å². The van der Waals surface area contributed by atoms with Gasteiger partial charge in [0.2, 0.25) is 0 Å². The van der Waals surface area contributed by atoms with E-state index in [0.717, 1.165) is 6.54 Å².